The highest BCUT2D eigenvalue weighted by atomic mass is 32.2. The third-order valence-electron chi connectivity index (χ3n) is 2.96. The van der Waals surface area contributed by atoms with E-state index in [9.17, 15) is 8.42 Å². The molecule has 0 radical (unpaired) electrons. The summed E-state index contributed by atoms with van der Waals surface area (Å²) in [6, 6.07) is 0. The normalized spacial score (nSPS) is 19.3. The molecule has 0 bridgehead atoms. The van der Waals surface area contributed by atoms with Crippen LogP contribution in [0.3, 0.4) is 0 Å². The van der Waals surface area contributed by atoms with Crippen molar-refractivity contribution in [2.24, 2.45) is 5.92 Å². The maximum atomic E-state index is 11.2. The molecule has 1 rings (SSSR count). The van der Waals surface area contributed by atoms with Gasteiger partial charge in [0.1, 0.15) is 0 Å². The monoisotopic (exact) mass is 235 g/mol. The maximum Gasteiger partial charge on any atom is 0.213 e. The zero-order valence-corrected chi connectivity index (χ0v) is 9.93. The average Bonchev–Trinajstić information content (AvgIpc) is 2.19. The molecule has 90 valence electrons. The third kappa shape index (κ3) is 5.49. The van der Waals surface area contributed by atoms with Crippen molar-refractivity contribution < 1.29 is 13.5 Å². The van der Waals surface area contributed by atoms with E-state index in [1.807, 2.05) is 0 Å². The largest absolute Gasteiger partial charge is 0.395 e. The molecule has 2 N–H and O–H groups in total. The Hall–Kier alpha value is -0.130. The molecule has 0 atom stereocenters. The second-order valence-electron chi connectivity index (χ2n) is 4.23. The van der Waals surface area contributed by atoms with E-state index in [2.05, 4.69) is 4.72 Å². The molecule has 0 amide bonds. The van der Waals surface area contributed by atoms with Gasteiger partial charge in [0.25, 0.3) is 0 Å². The predicted octanol–water partition coefficient (Wildman–Crippen LogP) is 0.868. The van der Waals surface area contributed by atoms with Crippen LogP contribution in [0.1, 0.15) is 38.5 Å². The van der Waals surface area contributed by atoms with Gasteiger partial charge >= 0.3 is 0 Å². The lowest BCUT2D eigenvalue weighted by atomic mass is 9.87. The number of aliphatic hydroxyl groups is 1. The first kappa shape index (κ1) is 12.9. The molecule has 0 aromatic heterocycles. The van der Waals surface area contributed by atoms with Crippen LogP contribution < -0.4 is 4.72 Å². The van der Waals surface area contributed by atoms with E-state index in [1.165, 1.54) is 32.1 Å². The molecule has 0 unspecified atom stereocenters. The lowest BCUT2D eigenvalue weighted by Crippen LogP contribution is -2.30. The Bertz CT molecular complexity index is 258. The molecule has 0 aromatic carbocycles. The highest BCUT2D eigenvalue weighted by Gasteiger charge is 2.14. The first-order valence-corrected chi connectivity index (χ1v) is 7.37. The number of hydrogen-bond acceptors (Lipinski definition) is 3. The lowest BCUT2D eigenvalue weighted by Gasteiger charge is -2.21. The average molecular weight is 235 g/mol. The molecule has 0 aliphatic heterocycles. The first-order chi connectivity index (χ1) is 7.14. The van der Waals surface area contributed by atoms with Gasteiger partial charge in [0, 0.05) is 6.54 Å². The SMILES string of the molecule is O=S(=O)(CCO)NCCC1CCCCC1. The fourth-order valence-corrected chi connectivity index (χ4v) is 2.90. The van der Waals surface area contributed by atoms with Gasteiger partial charge in [-0.2, -0.15) is 0 Å². The molecular formula is C10H21NO3S. The van der Waals surface area contributed by atoms with Crippen LogP contribution in [0.25, 0.3) is 0 Å². The van der Waals surface area contributed by atoms with Gasteiger partial charge in [-0.05, 0) is 12.3 Å². The second-order valence-corrected chi connectivity index (χ2v) is 6.16. The van der Waals surface area contributed by atoms with Crippen molar-refractivity contribution >= 4 is 10.0 Å². The first-order valence-electron chi connectivity index (χ1n) is 5.72. The summed E-state index contributed by atoms with van der Waals surface area (Å²) in [5.74, 6) is 0.507. The number of hydrogen-bond donors (Lipinski definition) is 2. The number of rotatable bonds is 6. The zero-order chi connectivity index (χ0) is 11.1. The van der Waals surface area contributed by atoms with Crippen LogP contribution in [0.4, 0.5) is 0 Å². The molecule has 0 spiro atoms. The molecular weight excluding hydrogens is 214 g/mol. The Labute approximate surface area is 92.1 Å². The Morgan fingerprint density at radius 2 is 1.87 bits per heavy atom. The fraction of sp³-hybridized carbons (Fsp3) is 1.00. The van der Waals surface area contributed by atoms with Gasteiger partial charge in [-0.25, -0.2) is 13.1 Å². The minimum Gasteiger partial charge on any atom is -0.395 e. The Morgan fingerprint density at radius 3 is 2.47 bits per heavy atom. The molecule has 1 aliphatic carbocycles. The van der Waals surface area contributed by atoms with Gasteiger partial charge < -0.3 is 5.11 Å². The summed E-state index contributed by atoms with van der Waals surface area (Å²) in [5.41, 5.74) is 0. The molecule has 4 nitrogen and oxygen atoms in total. The zero-order valence-electron chi connectivity index (χ0n) is 9.11. The number of nitrogens with one attached hydrogen (secondary N) is 1. The van der Waals surface area contributed by atoms with Crippen molar-refractivity contribution in [2.75, 3.05) is 18.9 Å². The summed E-state index contributed by atoms with van der Waals surface area (Å²) >= 11 is 0. The van der Waals surface area contributed by atoms with Crippen molar-refractivity contribution in [3.63, 3.8) is 0 Å². The second kappa shape index (κ2) is 6.45. The van der Waals surface area contributed by atoms with E-state index in [-0.39, 0.29) is 12.4 Å². The van der Waals surface area contributed by atoms with Gasteiger partial charge in [0.05, 0.1) is 12.4 Å². The highest BCUT2D eigenvalue weighted by Crippen LogP contribution is 2.25. The van der Waals surface area contributed by atoms with Crippen LogP contribution in [-0.4, -0.2) is 32.4 Å². The maximum absolute atomic E-state index is 11.2. The van der Waals surface area contributed by atoms with Crippen molar-refractivity contribution in [1.29, 1.82) is 0 Å². The van der Waals surface area contributed by atoms with Crippen LogP contribution in [0.5, 0.6) is 0 Å². The van der Waals surface area contributed by atoms with Crippen LogP contribution >= 0.6 is 0 Å². The van der Waals surface area contributed by atoms with Crippen LogP contribution in [0.2, 0.25) is 0 Å². The van der Waals surface area contributed by atoms with E-state index in [0.717, 1.165) is 6.42 Å². The Morgan fingerprint density at radius 1 is 1.20 bits per heavy atom. The molecule has 5 heteroatoms. The molecule has 0 saturated heterocycles. The Balaban J connectivity index is 2.14. The van der Waals surface area contributed by atoms with Gasteiger partial charge in [0.15, 0.2) is 0 Å². The summed E-state index contributed by atoms with van der Waals surface area (Å²) in [4.78, 5) is 0. The molecule has 1 saturated carbocycles. The smallest absolute Gasteiger partial charge is 0.213 e. The van der Waals surface area contributed by atoms with Crippen molar-refractivity contribution in [1.82, 2.24) is 4.72 Å². The topological polar surface area (TPSA) is 66.4 Å². The van der Waals surface area contributed by atoms with E-state index < -0.39 is 10.0 Å². The summed E-state index contributed by atoms with van der Waals surface area (Å²) < 4.78 is 24.9. The van der Waals surface area contributed by atoms with Crippen molar-refractivity contribution in [3.05, 3.63) is 0 Å². The Kier molecular flexibility index (Phi) is 5.56. The van der Waals surface area contributed by atoms with Crippen molar-refractivity contribution in [2.45, 2.75) is 38.5 Å². The molecule has 0 heterocycles. The minimum absolute atomic E-state index is 0.183. The number of sulfonamides is 1. The van der Waals surface area contributed by atoms with Gasteiger partial charge in [-0.3, -0.25) is 0 Å². The van der Waals surface area contributed by atoms with E-state index in [1.54, 1.807) is 0 Å². The van der Waals surface area contributed by atoms with E-state index in [4.69, 9.17) is 5.11 Å². The van der Waals surface area contributed by atoms with Crippen LogP contribution in [-0.2, 0) is 10.0 Å². The summed E-state index contributed by atoms with van der Waals surface area (Å²) in [7, 11) is -3.23. The quantitative estimate of drug-likeness (QED) is 0.718. The molecule has 15 heavy (non-hydrogen) atoms. The molecule has 1 aliphatic rings. The van der Waals surface area contributed by atoms with Crippen molar-refractivity contribution in [3.8, 4) is 0 Å². The summed E-state index contributed by atoms with van der Waals surface area (Å²) in [5, 5.41) is 8.53. The van der Waals surface area contributed by atoms with Gasteiger partial charge in [-0.1, -0.05) is 32.1 Å². The van der Waals surface area contributed by atoms with Crippen LogP contribution in [0.15, 0.2) is 0 Å². The summed E-state index contributed by atoms with van der Waals surface area (Å²) in [6.45, 7) is 0.214. The third-order valence-corrected chi connectivity index (χ3v) is 4.32. The fourth-order valence-electron chi connectivity index (χ4n) is 2.09. The molecule has 1 fully saturated rings. The minimum atomic E-state index is -3.23. The van der Waals surface area contributed by atoms with Gasteiger partial charge in [0.2, 0.25) is 10.0 Å². The number of aliphatic hydroxyl groups excluding tert-OH is 1. The van der Waals surface area contributed by atoms with E-state index in [0.29, 0.717) is 12.5 Å². The molecule has 0 aromatic rings. The summed E-state index contributed by atoms with van der Waals surface area (Å²) in [6.07, 6.45) is 7.31. The van der Waals surface area contributed by atoms with Crippen LogP contribution in [0, 0.1) is 5.92 Å². The highest BCUT2D eigenvalue weighted by molar-refractivity contribution is 7.89. The lowest BCUT2D eigenvalue weighted by molar-refractivity contribution is 0.318. The van der Waals surface area contributed by atoms with E-state index >= 15 is 0 Å². The van der Waals surface area contributed by atoms with Gasteiger partial charge in [-0.15, -0.1) is 0 Å². The standard InChI is InChI=1S/C10H21NO3S/c12-8-9-15(13,14)11-7-6-10-4-2-1-3-5-10/h10-12H,1-9H2. The predicted molar refractivity (Wildman–Crippen MR) is 60.1 cm³/mol.